The second-order valence-corrected chi connectivity index (χ2v) is 6.49. The summed E-state index contributed by atoms with van der Waals surface area (Å²) in [6, 6.07) is 0. The SMILES string of the molecule is CCCOP(O)(=S)S.[H-].[Na+]. The van der Waals surface area contributed by atoms with Gasteiger partial charge >= 0.3 is 29.6 Å². The van der Waals surface area contributed by atoms with Crippen LogP contribution in [-0.2, 0) is 16.3 Å². The molecule has 0 fully saturated rings. The molecule has 1 atom stereocenters. The molecule has 1 N–H and O–H groups in total. The third kappa shape index (κ3) is 13.0. The first kappa shape index (κ1) is 13.5. The van der Waals surface area contributed by atoms with Crippen molar-refractivity contribution in [2.24, 2.45) is 0 Å². The fourth-order valence-electron chi connectivity index (χ4n) is 0.210. The van der Waals surface area contributed by atoms with Crippen LogP contribution in [0.4, 0.5) is 0 Å². The van der Waals surface area contributed by atoms with Crippen LogP contribution in [0.2, 0.25) is 0 Å². The van der Waals surface area contributed by atoms with Gasteiger partial charge in [-0.1, -0.05) is 19.2 Å². The molecule has 0 aliphatic heterocycles. The normalized spacial score (nSPS) is 15.9. The maximum atomic E-state index is 8.72. The first-order chi connectivity index (χ1) is 3.56. The maximum absolute atomic E-state index is 8.72. The van der Waals surface area contributed by atoms with Crippen molar-refractivity contribution in [3.8, 4) is 0 Å². The number of rotatable bonds is 3. The van der Waals surface area contributed by atoms with Crippen LogP contribution in [0.15, 0.2) is 0 Å². The molecule has 0 amide bonds. The van der Waals surface area contributed by atoms with Gasteiger partial charge in [0.25, 0.3) is 0 Å². The minimum absolute atomic E-state index is 0. The maximum Gasteiger partial charge on any atom is 1.00 e. The summed E-state index contributed by atoms with van der Waals surface area (Å²) in [6.07, 6.45) is 0.861. The molecule has 9 heavy (non-hydrogen) atoms. The van der Waals surface area contributed by atoms with Crippen LogP contribution in [-0.4, -0.2) is 11.5 Å². The Kier molecular flexibility index (Phi) is 9.93. The first-order valence-electron chi connectivity index (χ1n) is 2.26. The smallest absolute Gasteiger partial charge is 1.00 e. The van der Waals surface area contributed by atoms with E-state index < -0.39 is 5.69 Å². The fraction of sp³-hybridized carbons (Fsp3) is 1.00. The Morgan fingerprint density at radius 1 is 1.89 bits per heavy atom. The molecule has 0 bridgehead atoms. The average Bonchev–Trinajstić information content (AvgIpc) is 1.59. The second-order valence-electron chi connectivity index (χ2n) is 1.32. The third-order valence-corrected chi connectivity index (χ3v) is 1.65. The molecule has 0 spiro atoms. The van der Waals surface area contributed by atoms with Crippen molar-refractivity contribution in [3.05, 3.63) is 0 Å². The van der Waals surface area contributed by atoms with Crippen molar-refractivity contribution in [1.29, 1.82) is 0 Å². The van der Waals surface area contributed by atoms with Gasteiger partial charge in [-0.3, -0.25) is 0 Å². The van der Waals surface area contributed by atoms with E-state index in [0.29, 0.717) is 6.61 Å². The number of thiol groups is 1. The fourth-order valence-corrected chi connectivity index (χ4v) is 1.10. The molecule has 0 saturated heterocycles. The predicted octanol–water partition coefficient (Wildman–Crippen LogP) is -1.32. The summed E-state index contributed by atoms with van der Waals surface area (Å²) in [4.78, 5) is 8.72. The molecule has 0 heterocycles. The van der Waals surface area contributed by atoms with Crippen LogP contribution in [0.1, 0.15) is 14.8 Å². The van der Waals surface area contributed by atoms with E-state index in [2.05, 4.69) is 24.1 Å². The zero-order valence-electron chi connectivity index (χ0n) is 6.57. The summed E-state index contributed by atoms with van der Waals surface area (Å²) in [7, 11) is 0. The van der Waals surface area contributed by atoms with Gasteiger partial charge < -0.3 is 10.8 Å². The molecule has 0 aliphatic carbocycles. The molecule has 0 radical (unpaired) electrons. The van der Waals surface area contributed by atoms with Crippen molar-refractivity contribution in [3.63, 3.8) is 0 Å². The Hall–Kier alpha value is 1.92. The van der Waals surface area contributed by atoms with Crippen LogP contribution in [0.5, 0.6) is 0 Å². The van der Waals surface area contributed by atoms with E-state index in [1.54, 1.807) is 0 Å². The van der Waals surface area contributed by atoms with Gasteiger partial charge in [0.05, 0.1) is 6.61 Å². The summed E-state index contributed by atoms with van der Waals surface area (Å²) in [5.41, 5.74) is -2.65. The Bertz CT molecular complexity index is 109. The quantitative estimate of drug-likeness (QED) is 0.333. The monoisotopic (exact) mass is 196 g/mol. The zero-order valence-corrected chi connectivity index (χ0v) is 10.2. The summed E-state index contributed by atoms with van der Waals surface area (Å²) in [5.74, 6) is 0. The first-order valence-corrected chi connectivity index (χ1v) is 6.09. The standard InChI is InChI=1S/C3H9O2PS2.Na.H/c1-2-3-5-6(4,7)8;;/h2-3H2,1H3,(H2,4,7,8);;/q;+1;-1. The van der Waals surface area contributed by atoms with Gasteiger partial charge in [0.2, 0.25) is 5.69 Å². The van der Waals surface area contributed by atoms with Gasteiger partial charge in [0.1, 0.15) is 0 Å². The minimum atomic E-state index is -2.65. The largest absolute Gasteiger partial charge is 1.00 e. The molecule has 0 aliphatic rings. The predicted molar refractivity (Wildman–Crippen MR) is 42.8 cm³/mol. The van der Waals surface area contributed by atoms with E-state index in [0.717, 1.165) is 6.42 Å². The van der Waals surface area contributed by atoms with Gasteiger partial charge in [-0.2, -0.15) is 0 Å². The van der Waals surface area contributed by atoms with Gasteiger partial charge in [0.15, 0.2) is 0 Å². The minimum Gasteiger partial charge on any atom is -1.00 e. The van der Waals surface area contributed by atoms with E-state index in [-0.39, 0.29) is 31.0 Å². The number of hydrogen-bond donors (Lipinski definition) is 2. The molecule has 0 saturated carbocycles. The van der Waals surface area contributed by atoms with Gasteiger partial charge in [-0.25, -0.2) is 0 Å². The van der Waals surface area contributed by atoms with Crippen LogP contribution in [0, 0.1) is 0 Å². The summed E-state index contributed by atoms with van der Waals surface area (Å²) in [6.45, 7) is 2.44. The molecular weight excluding hydrogens is 186 g/mol. The molecule has 0 aromatic heterocycles. The molecule has 6 heteroatoms. The topological polar surface area (TPSA) is 29.5 Å². The molecule has 0 aromatic carbocycles. The van der Waals surface area contributed by atoms with Crippen molar-refractivity contribution in [2.75, 3.05) is 6.61 Å². The van der Waals surface area contributed by atoms with Crippen LogP contribution in [0.25, 0.3) is 0 Å². The van der Waals surface area contributed by atoms with E-state index >= 15 is 0 Å². The molecule has 2 nitrogen and oxygen atoms in total. The van der Waals surface area contributed by atoms with E-state index in [1.807, 2.05) is 6.92 Å². The summed E-state index contributed by atoms with van der Waals surface area (Å²) < 4.78 is 4.72. The van der Waals surface area contributed by atoms with Gasteiger partial charge in [0, 0.05) is 0 Å². The molecule has 0 aromatic rings. The Balaban J connectivity index is -0.000000245. The molecule has 52 valence electrons. The Labute approximate surface area is 89.5 Å². The van der Waals surface area contributed by atoms with Crippen molar-refractivity contribution >= 4 is 29.7 Å². The molecule has 1 unspecified atom stereocenters. The van der Waals surface area contributed by atoms with Crippen molar-refractivity contribution < 1.29 is 40.4 Å². The zero-order chi connectivity index (χ0) is 6.62. The van der Waals surface area contributed by atoms with E-state index in [1.165, 1.54) is 0 Å². The Morgan fingerprint density at radius 2 is 2.33 bits per heavy atom. The Morgan fingerprint density at radius 3 is 2.44 bits per heavy atom. The van der Waals surface area contributed by atoms with Crippen molar-refractivity contribution in [2.45, 2.75) is 13.3 Å². The second kappa shape index (κ2) is 6.62. The van der Waals surface area contributed by atoms with Crippen LogP contribution in [0.3, 0.4) is 0 Å². The van der Waals surface area contributed by atoms with Gasteiger partial charge in [-0.05, 0) is 18.2 Å². The number of hydrogen-bond acceptors (Lipinski definition) is 2. The summed E-state index contributed by atoms with van der Waals surface area (Å²) in [5, 5.41) is 0. The van der Waals surface area contributed by atoms with Gasteiger partial charge in [-0.15, -0.1) is 0 Å². The van der Waals surface area contributed by atoms with E-state index in [4.69, 9.17) is 9.42 Å². The molecular formula is C3H10NaO2PS2. The van der Waals surface area contributed by atoms with Crippen LogP contribution < -0.4 is 29.6 Å². The van der Waals surface area contributed by atoms with E-state index in [9.17, 15) is 0 Å². The van der Waals surface area contributed by atoms with Crippen LogP contribution >= 0.6 is 17.9 Å². The molecule has 0 rings (SSSR count). The summed E-state index contributed by atoms with van der Waals surface area (Å²) >= 11 is 8.11. The third-order valence-electron chi connectivity index (χ3n) is 0.464. The average molecular weight is 196 g/mol. The van der Waals surface area contributed by atoms with Crippen molar-refractivity contribution in [1.82, 2.24) is 0 Å².